The van der Waals surface area contributed by atoms with E-state index in [0.29, 0.717) is 87.9 Å². The maximum Gasteiger partial charge on any atom is 0.320 e. The topological polar surface area (TPSA) is 569 Å². The van der Waals surface area contributed by atoms with E-state index >= 15 is 0 Å². The number of carbonyl (C=O) groups excluding carboxylic acids is 7. The van der Waals surface area contributed by atoms with Crippen LogP contribution in [0.15, 0.2) is 72.8 Å². The number of hydrogen-bond donors (Lipinski definition) is 14. The molecule has 0 radical (unpaired) electrons. The normalized spacial score (nSPS) is 15.8. The Balaban J connectivity index is 0.731. The summed E-state index contributed by atoms with van der Waals surface area (Å²) in [5.74, 6) is -10.9. The third-order valence-corrected chi connectivity index (χ3v) is 22.9. The Morgan fingerprint density at radius 3 is 1.33 bits per heavy atom. The van der Waals surface area contributed by atoms with Crippen LogP contribution in [0, 0.1) is 5.92 Å². The number of amides is 5. The van der Waals surface area contributed by atoms with E-state index in [1.54, 1.807) is 65.8 Å². The lowest BCUT2D eigenvalue weighted by molar-refractivity contribution is -0.145. The monoisotopic (exact) mass is 1800 g/mol. The quantitative estimate of drug-likeness (QED) is 0.0244. The Labute approximate surface area is 745 Å². The number of hydrogen-bond acceptors (Lipinski definition) is 30. The van der Waals surface area contributed by atoms with Crippen LogP contribution in [0.4, 0.5) is 0 Å². The van der Waals surface area contributed by atoms with Crippen molar-refractivity contribution >= 4 is 70.9 Å². The van der Waals surface area contributed by atoms with Crippen molar-refractivity contribution in [3.05, 3.63) is 95.1 Å². The first kappa shape index (κ1) is 100. The lowest BCUT2D eigenvalue weighted by Crippen LogP contribution is -2.52. The number of nitrogens with zero attached hydrogens (tertiary/aromatic N) is 14. The third-order valence-electron chi connectivity index (χ3n) is 22.9. The summed E-state index contributed by atoms with van der Waals surface area (Å²) in [5.41, 5.74) is 4.54. The fourth-order valence-electron chi connectivity index (χ4n) is 15.7. The highest BCUT2D eigenvalue weighted by Crippen LogP contribution is 2.41. The molecule has 5 amide bonds. The average molecular weight is 1800 g/mol. The van der Waals surface area contributed by atoms with Crippen LogP contribution in [0.25, 0.3) is 34.2 Å². The summed E-state index contributed by atoms with van der Waals surface area (Å²) in [6.45, 7) is 10.7. The molecule has 4 aromatic carbocycles. The van der Waals surface area contributed by atoms with E-state index in [9.17, 15) is 114 Å². The molecule has 42 nitrogen and oxygen atoms in total. The zero-order valence-electron chi connectivity index (χ0n) is 73.1. The van der Waals surface area contributed by atoms with E-state index in [2.05, 4.69) is 46.1 Å². The molecule has 702 valence electrons. The molecule has 9 rings (SSSR count). The summed E-state index contributed by atoms with van der Waals surface area (Å²) in [5, 5.41) is 137. The molecule has 6 aromatic rings. The molecule has 129 heavy (non-hydrogen) atoms. The number of benzene rings is 4. The number of aliphatic carboxylic acids is 5. The molecule has 3 fully saturated rings. The van der Waals surface area contributed by atoms with Gasteiger partial charge in [0.15, 0.2) is 23.2 Å². The highest BCUT2D eigenvalue weighted by atomic mass is 16.5. The maximum atomic E-state index is 14.2. The Kier molecular flexibility index (Phi) is 38.4. The molecule has 0 saturated carbocycles. The van der Waals surface area contributed by atoms with Gasteiger partial charge in [-0.25, -0.2) is 9.13 Å². The lowest BCUT2D eigenvalue weighted by atomic mass is 9.96. The number of phenols is 4. The summed E-state index contributed by atoms with van der Waals surface area (Å²) < 4.78 is 13.8. The smallest absolute Gasteiger partial charge is 0.320 e. The minimum absolute atomic E-state index is 0.00393. The minimum Gasteiger partial charge on any atom is -0.508 e. The second-order valence-electron chi connectivity index (χ2n) is 33.0. The Bertz CT molecular complexity index is 4800. The number of carboxylic acid groups (broad SMARTS) is 5. The van der Waals surface area contributed by atoms with Gasteiger partial charge in [-0.05, 0) is 96.2 Å². The second kappa shape index (κ2) is 49.3. The van der Waals surface area contributed by atoms with Crippen molar-refractivity contribution in [3.63, 3.8) is 0 Å². The molecule has 3 atom stereocenters. The second-order valence-corrected chi connectivity index (χ2v) is 33.0. The molecule has 3 saturated heterocycles. The number of Topliss-reactive ketones (excluding diaryl/α,β-unsaturated/α-hetero) is 2. The van der Waals surface area contributed by atoms with Crippen LogP contribution in [0.3, 0.4) is 0 Å². The number of aromatic hydroxyl groups is 6. The molecule has 3 aliphatic heterocycles. The Hall–Kier alpha value is -12.3. The van der Waals surface area contributed by atoms with Crippen LogP contribution in [0.2, 0.25) is 0 Å². The zero-order valence-corrected chi connectivity index (χ0v) is 73.1. The molecule has 0 aliphatic carbocycles. The predicted molar refractivity (Wildman–Crippen MR) is 462 cm³/mol. The van der Waals surface area contributed by atoms with Crippen molar-refractivity contribution in [2.75, 3.05) is 164 Å². The average Bonchev–Trinajstić information content (AvgIpc) is 1.67. The summed E-state index contributed by atoms with van der Waals surface area (Å²) >= 11 is 0. The molecule has 0 spiro atoms. The van der Waals surface area contributed by atoms with Gasteiger partial charge in [-0.2, -0.15) is 0 Å². The number of carboxylic acids is 5. The van der Waals surface area contributed by atoms with Gasteiger partial charge in [0, 0.05) is 194 Å². The van der Waals surface area contributed by atoms with E-state index in [-0.39, 0.29) is 219 Å². The Morgan fingerprint density at radius 1 is 0.426 bits per heavy atom. The number of nitrogens with one attached hydrogen (secondary N) is 3. The summed E-state index contributed by atoms with van der Waals surface area (Å²) in [4.78, 5) is 169. The van der Waals surface area contributed by atoms with E-state index in [0.717, 1.165) is 11.1 Å². The standard InChI is InChI=1S/C87H119N17O25/c1-55(2)63-45-65(72(109)47-70(63)107)82-91-93-86(126)103(82)60-13-8-57(9-14-60)49-95-31-37-101(38-32-95)76(113)7-5-6-69(106)67(17-20-77(114)102-39-33-96(34-40-102)50-58-10-15-61(16-11-58)104-83(92-94-87(104)127)66-46-64(56(3)4)71(108)48-73(66)110)90-75(112)22-23-89-84(123)59(12-21-78(115)116)44-62(105)54-129-43-42-128-41-24-88-74(111)19-18-68(85(124)125)100-35-29-98(52-80(119)120)27-25-97(51-79(117)118)26-28-99(30-36-100)53-81(121)122/h8-11,13-16,45-48,55-56,59,67-68,107-110H,5-7,12,17-44,49-54H2,1-4H3,(H,88,111)(H,89,123)(H,90,112)(H,93,126)(H,94,127)(H,115,116)(H,117,118)(H,119,120)(H,121,122)(H,124,125)/t59-,67+,68+/m0/s1. The third kappa shape index (κ3) is 31.0. The molecule has 2 aromatic heterocycles. The van der Waals surface area contributed by atoms with Crippen LogP contribution in [-0.2, 0) is 80.1 Å². The fraction of sp³-hybridized carbons (Fsp3) is 0.540. The number of rotatable bonds is 47. The van der Waals surface area contributed by atoms with E-state index in [1.807, 2.05) is 52.0 Å². The fourth-order valence-corrected chi connectivity index (χ4v) is 15.7. The molecule has 0 bridgehead atoms. The van der Waals surface area contributed by atoms with E-state index in [1.165, 1.54) is 21.3 Å². The van der Waals surface area contributed by atoms with Gasteiger partial charge in [0.1, 0.15) is 35.6 Å². The summed E-state index contributed by atoms with van der Waals surface area (Å²) in [7, 11) is 0. The molecule has 5 heterocycles. The Morgan fingerprint density at radius 2 is 0.876 bits per heavy atom. The van der Waals surface area contributed by atoms with Gasteiger partial charge in [-0.1, -0.05) is 62.2 Å². The highest BCUT2D eigenvalue weighted by Gasteiger charge is 2.33. The number of piperazine rings is 2. The van der Waals surface area contributed by atoms with Crippen LogP contribution in [-0.4, -0.2) is 372 Å². The van der Waals surface area contributed by atoms with Crippen molar-refractivity contribution in [1.29, 1.82) is 0 Å². The number of aromatic nitrogens is 6. The van der Waals surface area contributed by atoms with Crippen LogP contribution in [0.1, 0.15) is 132 Å². The van der Waals surface area contributed by atoms with Gasteiger partial charge in [0.2, 0.25) is 29.5 Å². The van der Waals surface area contributed by atoms with Gasteiger partial charge in [0.25, 0.3) is 0 Å². The van der Waals surface area contributed by atoms with E-state index < -0.39 is 122 Å². The predicted octanol–water partition coefficient (Wildman–Crippen LogP) is 2.46. The lowest BCUT2D eigenvalue weighted by Gasteiger charge is -2.35. The van der Waals surface area contributed by atoms with Gasteiger partial charge in [0.05, 0.1) is 68.0 Å². The molecular formula is C87H119N17O25. The highest BCUT2D eigenvalue weighted by molar-refractivity contribution is 5.91. The molecule has 42 heteroatoms. The van der Waals surface area contributed by atoms with Gasteiger partial charge < -0.3 is 91.4 Å². The van der Waals surface area contributed by atoms with Gasteiger partial charge in [-0.3, -0.25) is 86.9 Å². The van der Waals surface area contributed by atoms with Gasteiger partial charge in [-0.15, -0.1) is 10.2 Å². The molecule has 14 N–H and O–H groups in total. The van der Waals surface area contributed by atoms with Crippen LogP contribution in [0.5, 0.6) is 35.0 Å². The van der Waals surface area contributed by atoms with Crippen molar-refractivity contribution in [1.82, 2.24) is 84.7 Å². The number of ether oxygens (including phenoxy) is 2. The summed E-state index contributed by atoms with van der Waals surface area (Å²) in [6, 6.07) is 17.0. The number of phenolic OH excluding ortho intramolecular Hbond substituents is 4. The molecule has 0 unspecified atom stereocenters. The van der Waals surface area contributed by atoms with Crippen molar-refractivity contribution < 1.29 is 123 Å². The molecular weight excluding hydrogens is 1680 g/mol. The van der Waals surface area contributed by atoms with Crippen molar-refractivity contribution in [2.45, 2.75) is 135 Å². The minimum atomic E-state index is -1.26. The first-order chi connectivity index (χ1) is 61.6. The van der Waals surface area contributed by atoms with Gasteiger partial charge >= 0.3 is 41.9 Å². The van der Waals surface area contributed by atoms with E-state index in [4.69, 9.17) is 9.47 Å². The first-order valence-electron chi connectivity index (χ1n) is 43.2. The number of carbonyl (C=O) groups is 12. The molecule has 3 aliphatic rings. The van der Waals surface area contributed by atoms with Crippen LogP contribution < -0.4 is 16.0 Å². The van der Waals surface area contributed by atoms with Crippen molar-refractivity contribution in [3.8, 4) is 69.2 Å². The number of ketones is 2. The summed E-state index contributed by atoms with van der Waals surface area (Å²) in [6.07, 6.45) is -2.17. The van der Waals surface area contributed by atoms with Crippen molar-refractivity contribution in [2.24, 2.45) is 5.92 Å². The van der Waals surface area contributed by atoms with Crippen LogP contribution >= 0.6 is 0 Å². The first-order valence-corrected chi connectivity index (χ1v) is 43.2. The maximum absolute atomic E-state index is 14.2. The SMILES string of the molecule is CC(C)c1cc(-c2nnc(O)n2-c2ccc(CN3CCN(C(=O)CCCC(=O)[C@@H](CCC(=O)N4CCN(Cc5ccc(-n6c(O)nnc6-c6cc(C(C)C)c(O)cc6O)cc5)CC4)NC(=O)CCNC(=O)[C@@H](CCC(=O)O)CC(=O)COCCOCCNC(=O)CC[C@H](C(=O)O)N4CCN(CC(=O)O)CCN(CC(=O)O)CCN(CC(=O)O)CC4)CC3)cc2)c(O)cc1O. The largest absolute Gasteiger partial charge is 0.508 e. The zero-order chi connectivity index (χ0) is 93.5.